The van der Waals surface area contributed by atoms with Gasteiger partial charge < -0.3 is 20.7 Å². The zero-order valence-corrected chi connectivity index (χ0v) is 16.3. The van der Waals surface area contributed by atoms with Gasteiger partial charge in [-0.05, 0) is 62.2 Å². The topological polar surface area (TPSA) is 75.7 Å². The second kappa shape index (κ2) is 9.20. The van der Waals surface area contributed by atoms with Crippen molar-refractivity contribution < 1.29 is 14.9 Å². The van der Waals surface area contributed by atoms with Gasteiger partial charge in [0.1, 0.15) is 0 Å². The number of aliphatic hydroxyl groups is 1. The van der Waals surface area contributed by atoms with Gasteiger partial charge in [-0.3, -0.25) is 0 Å². The van der Waals surface area contributed by atoms with Gasteiger partial charge in [0.05, 0.1) is 23.7 Å². The molecule has 0 unspecified atom stereocenters. The minimum atomic E-state index is -0.644. The second-order valence-corrected chi connectivity index (χ2v) is 6.79. The minimum absolute atomic E-state index is 0. The molecule has 21 heavy (non-hydrogen) atoms. The van der Waals surface area contributed by atoms with Crippen molar-refractivity contribution in [3.8, 4) is 11.5 Å². The van der Waals surface area contributed by atoms with Crippen LogP contribution in [-0.2, 0) is 0 Å². The van der Waals surface area contributed by atoms with Gasteiger partial charge in [0.25, 0.3) is 0 Å². The Hall–Kier alpha value is -0.0100. The molecule has 0 aliphatic carbocycles. The number of methoxy groups -OCH3 is 1. The normalized spacial score (nSPS) is 13.7. The molecule has 0 fully saturated rings. The van der Waals surface area contributed by atoms with E-state index in [9.17, 15) is 10.2 Å². The number of benzene rings is 1. The molecular formula is C14H22Br2ClNO3. The summed E-state index contributed by atoms with van der Waals surface area (Å²) >= 11 is 6.68. The minimum Gasteiger partial charge on any atom is -0.503 e. The zero-order chi connectivity index (χ0) is 15.4. The third-order valence-electron chi connectivity index (χ3n) is 3.21. The first-order valence-corrected chi connectivity index (χ1v) is 8.06. The predicted octanol–water partition coefficient (Wildman–Crippen LogP) is 4.14. The van der Waals surface area contributed by atoms with Crippen LogP contribution in [0.5, 0.6) is 11.5 Å². The number of rotatable bonds is 6. The molecule has 0 bridgehead atoms. The Bertz CT molecular complexity index is 472. The Labute approximate surface area is 148 Å². The molecule has 0 saturated carbocycles. The van der Waals surface area contributed by atoms with Crippen molar-refractivity contribution in [3.63, 3.8) is 0 Å². The van der Waals surface area contributed by atoms with E-state index in [-0.39, 0.29) is 18.2 Å². The highest BCUT2D eigenvalue weighted by molar-refractivity contribution is 9.13. The molecule has 0 amide bonds. The summed E-state index contributed by atoms with van der Waals surface area (Å²) in [5.74, 6) is 0.843. The molecule has 4 nitrogen and oxygen atoms in total. The van der Waals surface area contributed by atoms with Crippen LogP contribution in [0.4, 0.5) is 0 Å². The molecule has 1 rings (SSSR count). The molecule has 0 aliphatic rings. The fraction of sp³-hybridized carbons (Fsp3) is 0.571. The molecule has 0 spiro atoms. The van der Waals surface area contributed by atoms with Crippen molar-refractivity contribution in [2.45, 2.75) is 38.8 Å². The van der Waals surface area contributed by atoms with E-state index in [1.807, 2.05) is 0 Å². The van der Waals surface area contributed by atoms with Gasteiger partial charge in [-0.1, -0.05) is 13.8 Å². The van der Waals surface area contributed by atoms with Crippen molar-refractivity contribution in [1.29, 1.82) is 0 Å². The van der Waals surface area contributed by atoms with E-state index in [1.54, 1.807) is 6.07 Å². The Morgan fingerprint density at radius 2 is 1.81 bits per heavy atom. The van der Waals surface area contributed by atoms with Gasteiger partial charge in [-0.15, -0.1) is 12.4 Å². The van der Waals surface area contributed by atoms with Crippen LogP contribution in [0.25, 0.3) is 0 Å². The number of phenols is 1. The Morgan fingerprint density at radius 3 is 2.29 bits per heavy atom. The van der Waals surface area contributed by atoms with E-state index >= 15 is 0 Å². The summed E-state index contributed by atoms with van der Waals surface area (Å²) < 4.78 is 6.21. The Kier molecular flexibility index (Phi) is 9.20. The average molecular weight is 448 g/mol. The molecule has 0 heterocycles. The Morgan fingerprint density at radius 1 is 1.24 bits per heavy atom. The summed E-state index contributed by atoms with van der Waals surface area (Å²) in [5, 5.41) is 20.1. The largest absolute Gasteiger partial charge is 0.503 e. The highest BCUT2D eigenvalue weighted by Gasteiger charge is 2.24. The molecule has 0 radical (unpaired) electrons. The summed E-state index contributed by atoms with van der Waals surface area (Å²) in [7, 11) is 1.47. The van der Waals surface area contributed by atoms with Crippen LogP contribution >= 0.6 is 44.3 Å². The zero-order valence-electron chi connectivity index (χ0n) is 12.3. The van der Waals surface area contributed by atoms with E-state index in [2.05, 4.69) is 45.7 Å². The van der Waals surface area contributed by atoms with E-state index in [4.69, 9.17) is 10.5 Å². The van der Waals surface area contributed by atoms with Crippen LogP contribution in [0.15, 0.2) is 15.0 Å². The van der Waals surface area contributed by atoms with E-state index in [1.165, 1.54) is 7.11 Å². The third kappa shape index (κ3) is 5.28. The van der Waals surface area contributed by atoms with E-state index in [0.717, 1.165) is 6.42 Å². The fourth-order valence-electron chi connectivity index (χ4n) is 1.90. The smallest absolute Gasteiger partial charge is 0.173 e. The molecule has 4 N–H and O–H groups in total. The maximum absolute atomic E-state index is 10.2. The monoisotopic (exact) mass is 445 g/mol. The number of aliphatic hydroxyl groups excluding tert-OH is 1. The van der Waals surface area contributed by atoms with Crippen molar-refractivity contribution in [1.82, 2.24) is 0 Å². The fourth-order valence-corrected chi connectivity index (χ4v) is 2.89. The second-order valence-electron chi connectivity index (χ2n) is 5.21. The van der Waals surface area contributed by atoms with Crippen LogP contribution in [0.1, 0.15) is 38.3 Å². The van der Waals surface area contributed by atoms with Crippen molar-refractivity contribution in [2.75, 3.05) is 7.11 Å². The van der Waals surface area contributed by atoms with Crippen LogP contribution in [0, 0.1) is 5.92 Å². The number of halogens is 3. The maximum Gasteiger partial charge on any atom is 0.173 e. The lowest BCUT2D eigenvalue weighted by Gasteiger charge is -2.22. The first kappa shape index (κ1) is 21.0. The lowest BCUT2D eigenvalue weighted by Crippen LogP contribution is -2.27. The van der Waals surface area contributed by atoms with Gasteiger partial charge in [-0.2, -0.15) is 0 Å². The van der Waals surface area contributed by atoms with Crippen LogP contribution in [0.2, 0.25) is 0 Å². The first-order valence-electron chi connectivity index (χ1n) is 6.48. The summed E-state index contributed by atoms with van der Waals surface area (Å²) in [6.07, 6.45) is 0.893. The molecule has 0 aliphatic heterocycles. The molecule has 0 saturated heterocycles. The lowest BCUT2D eigenvalue weighted by atomic mass is 9.96. The van der Waals surface area contributed by atoms with Crippen molar-refractivity contribution >= 4 is 44.3 Å². The molecule has 1 aromatic carbocycles. The van der Waals surface area contributed by atoms with Crippen molar-refractivity contribution in [2.24, 2.45) is 11.7 Å². The van der Waals surface area contributed by atoms with Crippen molar-refractivity contribution in [3.05, 3.63) is 20.6 Å². The first-order chi connectivity index (χ1) is 9.29. The summed E-state index contributed by atoms with van der Waals surface area (Å²) in [5.41, 5.74) is 6.83. The van der Waals surface area contributed by atoms with E-state index in [0.29, 0.717) is 32.6 Å². The molecular weight excluding hydrogens is 425 g/mol. The summed E-state index contributed by atoms with van der Waals surface area (Å²) in [6, 6.07) is 1.10. The van der Waals surface area contributed by atoms with Gasteiger partial charge in [-0.25, -0.2) is 0 Å². The highest BCUT2D eigenvalue weighted by Crippen LogP contribution is 2.43. The number of ether oxygens (including phenoxy) is 1. The van der Waals surface area contributed by atoms with Gasteiger partial charge in [0.15, 0.2) is 11.5 Å². The van der Waals surface area contributed by atoms with Gasteiger partial charge >= 0.3 is 0 Å². The Balaban J connectivity index is 0.00000400. The molecule has 122 valence electrons. The molecule has 1 aromatic rings. The van der Waals surface area contributed by atoms with Crippen LogP contribution < -0.4 is 10.5 Å². The van der Waals surface area contributed by atoms with E-state index < -0.39 is 12.1 Å². The quantitative estimate of drug-likeness (QED) is 0.613. The van der Waals surface area contributed by atoms with Gasteiger partial charge in [0.2, 0.25) is 0 Å². The standard InChI is InChI=1S/C14H21Br2NO3.ClH/c1-7(2)4-5-9(18)13(17)8-6-10(20-3)14(19)12(16)11(8)15;/h6-7,9,13,18-19H,4-5,17H2,1-3H3;1H/t9-,13+;/m1./s1. The molecule has 2 atom stereocenters. The average Bonchev–Trinajstić information content (AvgIpc) is 2.41. The summed E-state index contributed by atoms with van der Waals surface area (Å²) in [4.78, 5) is 0. The maximum atomic E-state index is 10.2. The number of hydrogen-bond acceptors (Lipinski definition) is 4. The molecule has 7 heteroatoms. The van der Waals surface area contributed by atoms with Crippen LogP contribution in [-0.4, -0.2) is 23.4 Å². The lowest BCUT2D eigenvalue weighted by molar-refractivity contribution is 0.128. The molecule has 0 aromatic heterocycles. The number of aromatic hydroxyl groups is 1. The predicted molar refractivity (Wildman–Crippen MR) is 94.3 cm³/mol. The highest BCUT2D eigenvalue weighted by atomic mass is 79.9. The number of phenolic OH excluding ortho intramolecular Hbond substituents is 1. The number of hydrogen-bond donors (Lipinski definition) is 3. The van der Waals surface area contributed by atoms with Crippen LogP contribution in [0.3, 0.4) is 0 Å². The van der Waals surface area contributed by atoms with Gasteiger partial charge in [0, 0.05) is 4.47 Å². The SMILES string of the molecule is COc1cc([C@H](N)[C@H](O)CCC(C)C)c(Br)c(Br)c1O.Cl. The third-order valence-corrected chi connectivity index (χ3v) is 5.37. The number of nitrogens with two attached hydrogens (primary N) is 1. The summed E-state index contributed by atoms with van der Waals surface area (Å²) in [6.45, 7) is 4.21.